The quantitative estimate of drug-likeness (QED) is 0.852. The third kappa shape index (κ3) is 5.53. The largest absolute Gasteiger partial charge is 0.351 e. The van der Waals surface area contributed by atoms with Gasteiger partial charge in [-0.05, 0) is 30.4 Å². The van der Waals surface area contributed by atoms with E-state index in [1.165, 1.54) is 11.1 Å². The van der Waals surface area contributed by atoms with E-state index in [4.69, 9.17) is 0 Å². The number of benzene rings is 1. The van der Waals surface area contributed by atoms with Crippen LogP contribution in [0.1, 0.15) is 44.2 Å². The van der Waals surface area contributed by atoms with Crippen molar-refractivity contribution >= 4 is 27.5 Å². The fourth-order valence-corrected chi connectivity index (χ4v) is 5.05. The van der Waals surface area contributed by atoms with Gasteiger partial charge in [0.15, 0.2) is 9.84 Å². The lowest BCUT2D eigenvalue weighted by Gasteiger charge is -2.16. The van der Waals surface area contributed by atoms with E-state index < -0.39 is 9.84 Å². The average Bonchev–Trinajstić information content (AvgIpc) is 2.84. The third-order valence-electron chi connectivity index (χ3n) is 4.09. The Morgan fingerprint density at radius 1 is 1.26 bits per heavy atom. The van der Waals surface area contributed by atoms with Crippen molar-refractivity contribution in [2.45, 2.75) is 50.2 Å². The van der Waals surface area contributed by atoms with Crippen molar-refractivity contribution in [2.75, 3.05) is 11.5 Å². The van der Waals surface area contributed by atoms with Gasteiger partial charge in [-0.3, -0.25) is 4.79 Å². The predicted octanol–water partition coefficient (Wildman–Crippen LogP) is 2.74. The van der Waals surface area contributed by atoms with E-state index >= 15 is 0 Å². The molecule has 0 aromatic heterocycles. The van der Waals surface area contributed by atoms with Gasteiger partial charge in [-0.15, -0.1) is 11.8 Å². The second-order valence-corrected chi connectivity index (χ2v) is 10.0. The lowest BCUT2D eigenvalue weighted by molar-refractivity contribution is -0.120. The number of amides is 1. The van der Waals surface area contributed by atoms with Crippen LogP contribution in [0.25, 0.3) is 0 Å². The van der Waals surface area contributed by atoms with Gasteiger partial charge in [-0.1, -0.05) is 38.1 Å². The molecular formula is C17H25NO3S2. The first-order chi connectivity index (χ1) is 10.8. The SMILES string of the molecule is CC(SCc1ccc(C(C)C)cc1)C(=O)NC1CCS(=O)(=O)C1. The number of sulfone groups is 1. The summed E-state index contributed by atoms with van der Waals surface area (Å²) in [6.45, 7) is 6.20. The highest BCUT2D eigenvalue weighted by Crippen LogP contribution is 2.21. The maximum atomic E-state index is 12.1. The summed E-state index contributed by atoms with van der Waals surface area (Å²) >= 11 is 1.57. The molecule has 1 aliphatic rings. The number of nitrogens with one attached hydrogen (secondary N) is 1. The van der Waals surface area contributed by atoms with E-state index in [-0.39, 0.29) is 28.7 Å². The summed E-state index contributed by atoms with van der Waals surface area (Å²) < 4.78 is 22.8. The van der Waals surface area contributed by atoms with E-state index in [1.54, 1.807) is 11.8 Å². The molecule has 1 saturated heterocycles. The summed E-state index contributed by atoms with van der Waals surface area (Å²) in [6.07, 6.45) is 0.530. The number of rotatable bonds is 6. The first-order valence-corrected chi connectivity index (χ1v) is 10.8. The molecule has 23 heavy (non-hydrogen) atoms. The van der Waals surface area contributed by atoms with Gasteiger partial charge in [0.1, 0.15) is 0 Å². The highest BCUT2D eigenvalue weighted by molar-refractivity contribution is 7.99. The van der Waals surface area contributed by atoms with Crippen molar-refractivity contribution in [3.8, 4) is 0 Å². The fourth-order valence-electron chi connectivity index (χ4n) is 2.52. The van der Waals surface area contributed by atoms with Crippen molar-refractivity contribution < 1.29 is 13.2 Å². The monoisotopic (exact) mass is 355 g/mol. The molecule has 0 spiro atoms. The van der Waals surface area contributed by atoms with E-state index in [2.05, 4.69) is 43.4 Å². The zero-order valence-electron chi connectivity index (χ0n) is 13.9. The number of carbonyl (C=O) groups excluding carboxylic acids is 1. The fraction of sp³-hybridized carbons (Fsp3) is 0.588. The van der Waals surface area contributed by atoms with E-state index in [0.717, 1.165) is 5.75 Å². The molecule has 1 N–H and O–H groups in total. The van der Waals surface area contributed by atoms with Crippen LogP contribution in [0.15, 0.2) is 24.3 Å². The molecule has 4 nitrogen and oxygen atoms in total. The molecule has 0 saturated carbocycles. The number of thioether (sulfide) groups is 1. The minimum absolute atomic E-state index is 0.0732. The molecule has 2 atom stereocenters. The second kappa shape index (κ2) is 7.71. The molecule has 0 aliphatic carbocycles. The predicted molar refractivity (Wildman–Crippen MR) is 96.5 cm³/mol. The zero-order valence-corrected chi connectivity index (χ0v) is 15.5. The van der Waals surface area contributed by atoms with Crippen LogP contribution in [0.3, 0.4) is 0 Å². The van der Waals surface area contributed by atoms with Gasteiger partial charge in [-0.2, -0.15) is 0 Å². The van der Waals surface area contributed by atoms with Gasteiger partial charge in [-0.25, -0.2) is 8.42 Å². The van der Waals surface area contributed by atoms with E-state index in [9.17, 15) is 13.2 Å². The van der Waals surface area contributed by atoms with Crippen LogP contribution < -0.4 is 5.32 Å². The smallest absolute Gasteiger partial charge is 0.233 e. The van der Waals surface area contributed by atoms with Gasteiger partial charge in [0.05, 0.1) is 16.8 Å². The van der Waals surface area contributed by atoms with Crippen LogP contribution in [-0.4, -0.2) is 37.1 Å². The summed E-state index contributed by atoms with van der Waals surface area (Å²) in [4.78, 5) is 12.1. The Morgan fingerprint density at radius 3 is 2.43 bits per heavy atom. The van der Waals surface area contributed by atoms with Crippen LogP contribution in [0, 0.1) is 0 Å². The summed E-state index contributed by atoms with van der Waals surface area (Å²) in [5.41, 5.74) is 2.51. The van der Waals surface area contributed by atoms with Gasteiger partial charge >= 0.3 is 0 Å². The Hall–Kier alpha value is -1.01. The lowest BCUT2D eigenvalue weighted by Crippen LogP contribution is -2.40. The lowest BCUT2D eigenvalue weighted by atomic mass is 10.0. The zero-order chi connectivity index (χ0) is 17.0. The molecular weight excluding hydrogens is 330 g/mol. The van der Waals surface area contributed by atoms with Gasteiger partial charge in [0.25, 0.3) is 0 Å². The molecule has 1 aromatic rings. The third-order valence-corrected chi connectivity index (χ3v) is 7.08. The Balaban J connectivity index is 1.79. The van der Waals surface area contributed by atoms with Crippen LogP contribution in [0.5, 0.6) is 0 Å². The Labute approximate surface area is 143 Å². The Bertz CT molecular complexity index is 638. The molecule has 2 unspecified atom stereocenters. The van der Waals surface area contributed by atoms with E-state index in [1.807, 2.05) is 6.92 Å². The summed E-state index contributed by atoms with van der Waals surface area (Å²) in [6, 6.07) is 8.26. The molecule has 1 fully saturated rings. The molecule has 0 radical (unpaired) electrons. The van der Waals surface area contributed by atoms with Crippen molar-refractivity contribution in [1.82, 2.24) is 5.32 Å². The van der Waals surface area contributed by atoms with Crippen LogP contribution in [-0.2, 0) is 20.4 Å². The van der Waals surface area contributed by atoms with Crippen molar-refractivity contribution in [1.29, 1.82) is 0 Å². The molecule has 128 valence electrons. The van der Waals surface area contributed by atoms with Crippen LogP contribution in [0.2, 0.25) is 0 Å². The van der Waals surface area contributed by atoms with Crippen molar-refractivity contribution in [3.63, 3.8) is 0 Å². The average molecular weight is 356 g/mol. The summed E-state index contributed by atoms with van der Waals surface area (Å²) in [5, 5.41) is 2.66. The summed E-state index contributed by atoms with van der Waals surface area (Å²) in [7, 11) is -2.95. The normalized spacial score (nSPS) is 21.3. The second-order valence-electron chi connectivity index (χ2n) is 6.46. The molecule has 6 heteroatoms. The van der Waals surface area contributed by atoms with E-state index in [0.29, 0.717) is 12.3 Å². The van der Waals surface area contributed by atoms with Crippen LogP contribution >= 0.6 is 11.8 Å². The van der Waals surface area contributed by atoms with Crippen molar-refractivity contribution in [2.24, 2.45) is 0 Å². The number of carbonyl (C=O) groups is 1. The summed E-state index contributed by atoms with van der Waals surface area (Å²) in [5.74, 6) is 1.48. The molecule has 2 rings (SSSR count). The molecule has 1 aromatic carbocycles. The van der Waals surface area contributed by atoms with Crippen LogP contribution in [0.4, 0.5) is 0 Å². The molecule has 1 aliphatic heterocycles. The topological polar surface area (TPSA) is 63.2 Å². The first-order valence-electron chi connectivity index (χ1n) is 7.98. The first kappa shape index (κ1) is 18.3. The Kier molecular flexibility index (Phi) is 6.14. The maximum absolute atomic E-state index is 12.1. The number of hydrogen-bond acceptors (Lipinski definition) is 4. The standard InChI is InChI=1S/C17H25NO3S2/c1-12(2)15-6-4-14(5-7-15)10-22-13(3)17(19)18-16-8-9-23(20,21)11-16/h4-7,12-13,16H,8-11H2,1-3H3,(H,18,19). The van der Waals surface area contributed by atoms with Gasteiger partial charge < -0.3 is 5.32 Å². The minimum atomic E-state index is -2.95. The molecule has 1 heterocycles. The maximum Gasteiger partial charge on any atom is 0.233 e. The molecule has 0 bridgehead atoms. The van der Waals surface area contributed by atoms with Crippen molar-refractivity contribution in [3.05, 3.63) is 35.4 Å². The highest BCUT2D eigenvalue weighted by Gasteiger charge is 2.29. The van der Waals surface area contributed by atoms with Gasteiger partial charge in [0, 0.05) is 11.8 Å². The van der Waals surface area contributed by atoms with Gasteiger partial charge in [0.2, 0.25) is 5.91 Å². The highest BCUT2D eigenvalue weighted by atomic mass is 32.2. The minimum Gasteiger partial charge on any atom is -0.351 e. The molecule has 1 amide bonds. The number of hydrogen-bond donors (Lipinski definition) is 1. The Morgan fingerprint density at radius 2 is 1.91 bits per heavy atom.